The van der Waals surface area contributed by atoms with Crippen molar-refractivity contribution in [2.75, 3.05) is 18.8 Å². The zero-order valence-electron chi connectivity index (χ0n) is 11.7. The lowest BCUT2D eigenvalue weighted by atomic mass is 10.1. The van der Waals surface area contributed by atoms with Crippen molar-refractivity contribution in [3.8, 4) is 0 Å². The Morgan fingerprint density at radius 2 is 2.15 bits per heavy atom. The van der Waals surface area contributed by atoms with Gasteiger partial charge in [-0.15, -0.1) is 0 Å². The normalized spacial score (nSPS) is 23.8. The van der Waals surface area contributed by atoms with Crippen LogP contribution in [0.25, 0.3) is 0 Å². The third kappa shape index (κ3) is 3.38. The number of nitrogens with zero attached hydrogens (tertiary/aromatic N) is 1. The molecule has 1 aromatic rings. The maximum Gasteiger partial charge on any atom is 0.169 e. The fourth-order valence-electron chi connectivity index (χ4n) is 2.41. The van der Waals surface area contributed by atoms with Crippen LogP contribution in [0.3, 0.4) is 0 Å². The van der Waals surface area contributed by atoms with Gasteiger partial charge in [0.25, 0.3) is 0 Å². The number of thioether (sulfide) groups is 1. The smallest absolute Gasteiger partial charge is 0.169 e. The average molecular weight is 299 g/mol. The van der Waals surface area contributed by atoms with E-state index in [9.17, 15) is 13.6 Å². The molecule has 0 radical (unpaired) electrons. The molecule has 0 aliphatic carbocycles. The molecule has 0 amide bonds. The number of benzene rings is 1. The highest BCUT2D eigenvalue weighted by molar-refractivity contribution is 8.00. The van der Waals surface area contributed by atoms with Gasteiger partial charge in [-0.25, -0.2) is 8.78 Å². The number of Topliss-reactive ketones (excluding diaryl/α,β-unsaturated/α-hetero) is 1. The molecule has 1 heterocycles. The first-order valence-electron chi connectivity index (χ1n) is 6.83. The number of carbonyl (C=O) groups excluding carboxylic acids is 1. The predicted octanol–water partition coefficient (Wildman–Crippen LogP) is 3.36. The molecule has 1 aliphatic heterocycles. The van der Waals surface area contributed by atoms with Crippen molar-refractivity contribution in [2.24, 2.45) is 0 Å². The highest BCUT2D eigenvalue weighted by atomic mass is 32.2. The summed E-state index contributed by atoms with van der Waals surface area (Å²) >= 11 is 1.93. The van der Waals surface area contributed by atoms with E-state index in [1.54, 1.807) is 0 Å². The lowest BCUT2D eigenvalue weighted by Gasteiger charge is -2.37. The Bertz CT molecular complexity index is 495. The van der Waals surface area contributed by atoms with Crippen LogP contribution >= 0.6 is 11.8 Å². The van der Waals surface area contributed by atoms with Gasteiger partial charge in [-0.05, 0) is 19.1 Å². The van der Waals surface area contributed by atoms with Gasteiger partial charge in [0.05, 0.1) is 5.56 Å². The minimum Gasteiger partial charge on any atom is -0.298 e. The van der Waals surface area contributed by atoms with Crippen molar-refractivity contribution in [3.63, 3.8) is 0 Å². The molecular weight excluding hydrogens is 280 g/mol. The van der Waals surface area contributed by atoms with Crippen LogP contribution in [-0.4, -0.2) is 40.8 Å². The van der Waals surface area contributed by atoms with E-state index in [0.29, 0.717) is 17.8 Å². The lowest BCUT2D eigenvalue weighted by molar-refractivity contribution is 0.0949. The fraction of sp³-hybridized carbons (Fsp3) is 0.533. The van der Waals surface area contributed by atoms with Crippen LogP contribution in [0.4, 0.5) is 8.78 Å². The molecule has 20 heavy (non-hydrogen) atoms. The molecule has 1 aliphatic rings. The quantitative estimate of drug-likeness (QED) is 0.795. The number of hydrogen-bond acceptors (Lipinski definition) is 3. The summed E-state index contributed by atoms with van der Waals surface area (Å²) in [6.45, 7) is 5.86. The Morgan fingerprint density at radius 1 is 1.40 bits per heavy atom. The topological polar surface area (TPSA) is 20.3 Å². The van der Waals surface area contributed by atoms with Crippen LogP contribution in [0.2, 0.25) is 0 Å². The van der Waals surface area contributed by atoms with Gasteiger partial charge in [0.15, 0.2) is 17.4 Å². The fourth-order valence-corrected chi connectivity index (χ4v) is 3.57. The Labute approximate surface area is 122 Å². The number of rotatable bonds is 4. The highest BCUT2D eigenvalue weighted by Crippen LogP contribution is 2.24. The predicted molar refractivity (Wildman–Crippen MR) is 78.3 cm³/mol. The van der Waals surface area contributed by atoms with Crippen molar-refractivity contribution in [2.45, 2.75) is 31.6 Å². The number of ketones is 1. The first-order valence-corrected chi connectivity index (χ1v) is 7.88. The van der Waals surface area contributed by atoms with Crippen LogP contribution in [0, 0.1) is 11.6 Å². The van der Waals surface area contributed by atoms with Gasteiger partial charge in [-0.3, -0.25) is 9.69 Å². The van der Waals surface area contributed by atoms with Crippen molar-refractivity contribution in [1.29, 1.82) is 0 Å². The molecule has 2 atom stereocenters. The minimum absolute atomic E-state index is 0.142. The minimum atomic E-state index is -1.03. The molecule has 0 N–H and O–H groups in total. The van der Waals surface area contributed by atoms with Gasteiger partial charge >= 0.3 is 0 Å². The molecule has 2 nitrogen and oxygen atoms in total. The van der Waals surface area contributed by atoms with Crippen molar-refractivity contribution in [1.82, 2.24) is 4.90 Å². The van der Waals surface area contributed by atoms with E-state index in [0.717, 1.165) is 18.4 Å². The number of carbonyl (C=O) groups is 1. The van der Waals surface area contributed by atoms with Crippen molar-refractivity contribution >= 4 is 17.5 Å². The third-order valence-electron chi connectivity index (χ3n) is 3.89. The molecule has 1 saturated heterocycles. The molecule has 1 fully saturated rings. The Hall–Kier alpha value is -0.940. The molecule has 2 unspecified atom stereocenters. The van der Waals surface area contributed by atoms with Gasteiger partial charge in [-0.1, -0.05) is 13.0 Å². The Balaban J connectivity index is 1.97. The number of halogens is 2. The molecule has 110 valence electrons. The standard InChI is InChI=1S/C15H19F2NOS/c1-10-11(2)20-9-8-18(10)7-6-14(19)12-4-3-5-13(16)15(12)17/h3-5,10-11H,6-9H2,1-2H3. The first kappa shape index (κ1) is 15.4. The first-order chi connectivity index (χ1) is 9.50. The van der Waals surface area contributed by atoms with Crippen LogP contribution in [0.5, 0.6) is 0 Å². The van der Waals surface area contributed by atoms with Crippen molar-refractivity contribution in [3.05, 3.63) is 35.4 Å². The van der Waals surface area contributed by atoms with E-state index in [1.807, 2.05) is 11.8 Å². The highest BCUT2D eigenvalue weighted by Gasteiger charge is 2.25. The van der Waals surface area contributed by atoms with Crippen molar-refractivity contribution < 1.29 is 13.6 Å². The van der Waals surface area contributed by atoms with Gasteiger partial charge in [0.2, 0.25) is 0 Å². The Kier molecular flexibility index (Phi) is 5.16. The summed E-state index contributed by atoms with van der Waals surface area (Å²) in [6.07, 6.45) is 0.224. The second-order valence-corrected chi connectivity index (χ2v) is 6.61. The summed E-state index contributed by atoms with van der Waals surface area (Å²) in [4.78, 5) is 14.3. The van der Waals surface area contributed by atoms with Gasteiger partial charge in [0, 0.05) is 36.6 Å². The van der Waals surface area contributed by atoms with E-state index in [-0.39, 0.29) is 17.8 Å². The van der Waals surface area contributed by atoms with Gasteiger partial charge in [0.1, 0.15) is 0 Å². The second kappa shape index (κ2) is 6.68. The third-order valence-corrected chi connectivity index (χ3v) is 5.23. The van der Waals surface area contributed by atoms with E-state index in [4.69, 9.17) is 0 Å². The zero-order chi connectivity index (χ0) is 14.7. The molecule has 0 saturated carbocycles. The summed E-state index contributed by atoms with van der Waals surface area (Å²) in [5, 5.41) is 0.532. The van der Waals surface area contributed by atoms with E-state index < -0.39 is 11.6 Å². The summed E-state index contributed by atoms with van der Waals surface area (Å²) < 4.78 is 26.7. The molecule has 1 aromatic carbocycles. The van der Waals surface area contributed by atoms with E-state index in [2.05, 4.69) is 18.7 Å². The molecule has 5 heteroatoms. The maximum absolute atomic E-state index is 13.5. The summed E-state index contributed by atoms with van der Waals surface area (Å²) in [7, 11) is 0. The van der Waals surface area contributed by atoms with Gasteiger partial charge < -0.3 is 0 Å². The van der Waals surface area contributed by atoms with E-state index >= 15 is 0 Å². The second-order valence-electron chi connectivity index (χ2n) is 5.13. The summed E-state index contributed by atoms with van der Waals surface area (Å²) in [5.74, 6) is -1.28. The SMILES string of the molecule is CC1SCCN(CCC(=O)c2cccc(F)c2F)C1C. The van der Waals surface area contributed by atoms with Crippen LogP contribution in [0.15, 0.2) is 18.2 Å². The van der Waals surface area contributed by atoms with E-state index in [1.165, 1.54) is 12.1 Å². The monoisotopic (exact) mass is 299 g/mol. The van der Waals surface area contributed by atoms with Gasteiger partial charge in [-0.2, -0.15) is 11.8 Å². The molecule has 0 spiro atoms. The van der Waals surface area contributed by atoms with Crippen LogP contribution in [-0.2, 0) is 0 Å². The Morgan fingerprint density at radius 3 is 2.90 bits per heavy atom. The molecular formula is C15H19F2NOS. The average Bonchev–Trinajstić information content (AvgIpc) is 2.43. The lowest BCUT2D eigenvalue weighted by Crippen LogP contribution is -2.45. The maximum atomic E-state index is 13.5. The van der Waals surface area contributed by atoms with Crippen LogP contribution in [0.1, 0.15) is 30.6 Å². The summed E-state index contributed by atoms with van der Waals surface area (Å²) in [6, 6.07) is 4.14. The zero-order valence-corrected chi connectivity index (χ0v) is 12.6. The largest absolute Gasteiger partial charge is 0.298 e. The van der Waals surface area contributed by atoms with Crippen LogP contribution < -0.4 is 0 Å². The summed E-state index contributed by atoms with van der Waals surface area (Å²) in [5.41, 5.74) is -0.142. The molecule has 2 rings (SSSR count). The molecule has 0 aromatic heterocycles. The molecule has 0 bridgehead atoms. The number of hydrogen-bond donors (Lipinski definition) is 0.